The summed E-state index contributed by atoms with van der Waals surface area (Å²) in [6.07, 6.45) is 11.1. The smallest absolute Gasteiger partial charge is 0.136 e. The molecule has 4 rings (SSSR count). The van der Waals surface area contributed by atoms with Crippen LogP contribution < -0.4 is 13.9 Å². The van der Waals surface area contributed by atoms with Crippen LogP contribution in [0.15, 0.2) is 37.2 Å². The zero-order valence-corrected chi connectivity index (χ0v) is 16.9. The molecule has 0 unspecified atom stereocenters. The van der Waals surface area contributed by atoms with Gasteiger partial charge in [0.05, 0.1) is 37.2 Å². The van der Waals surface area contributed by atoms with Gasteiger partial charge in [-0.3, -0.25) is 0 Å². The van der Waals surface area contributed by atoms with Crippen molar-refractivity contribution in [1.82, 2.24) is 50.1 Å². The average molecular weight is 498 g/mol. The van der Waals surface area contributed by atoms with Crippen molar-refractivity contribution in [2.24, 2.45) is 0 Å². The van der Waals surface area contributed by atoms with Gasteiger partial charge in [0.2, 0.25) is 0 Å². The summed E-state index contributed by atoms with van der Waals surface area (Å²) >= 11 is 0. The minimum atomic E-state index is -10.7. The van der Waals surface area contributed by atoms with Crippen LogP contribution >= 0.6 is 15.9 Å². The molecule has 174 valence electrons. The van der Waals surface area contributed by atoms with Crippen molar-refractivity contribution in [2.75, 3.05) is 13.1 Å². The molecule has 13 nitrogen and oxygen atoms in total. The quantitative estimate of drug-likeness (QED) is 0.354. The molecule has 0 amide bonds. The maximum atomic E-state index is 9.87. The van der Waals surface area contributed by atoms with Gasteiger partial charge >= 0.3 is 41.1 Å². The standard InChI is InChI=1S/C10H14N10O3P.F6P/c1-2-7-17(6-1)24(21-18-8-3-11-14-18,22-19-9-4-12-15-19)23-20-10-5-13-16-20;1-7(2,3,4,5)6/h3-5,8-10H,1-2,6-7H2;/q+1;-1. The number of nitrogens with zero attached hydrogens (tertiary/aromatic N) is 10. The van der Waals surface area contributed by atoms with E-state index in [-0.39, 0.29) is 0 Å². The van der Waals surface area contributed by atoms with Gasteiger partial charge in [-0.25, -0.2) is 0 Å². The van der Waals surface area contributed by atoms with Gasteiger partial charge in [-0.15, -0.1) is 29.2 Å². The Bertz CT molecular complexity index is 834. The molecule has 0 aromatic carbocycles. The molecule has 0 bridgehead atoms. The SMILES string of the molecule is F[P-](F)(F)(F)(F)F.c1cn(O[P+](On2ccnn2)(On2ccnn2)N2CCCC2)nn1. The van der Waals surface area contributed by atoms with E-state index in [9.17, 15) is 25.2 Å². The van der Waals surface area contributed by atoms with Crippen molar-refractivity contribution in [2.45, 2.75) is 12.8 Å². The number of rotatable bonds is 7. The molecule has 4 heterocycles. The Morgan fingerprint density at radius 2 is 0.968 bits per heavy atom. The Morgan fingerprint density at radius 1 is 0.645 bits per heavy atom. The zero-order valence-electron chi connectivity index (χ0n) is 15.2. The average Bonchev–Trinajstić information content (AvgIpc) is 3.41. The molecule has 1 saturated heterocycles. The van der Waals surface area contributed by atoms with Gasteiger partial charge in [0, 0.05) is 13.1 Å². The molecule has 0 N–H and O–H groups in total. The normalized spacial score (nSPS) is 17.2. The second-order valence-electron chi connectivity index (χ2n) is 5.75. The van der Waals surface area contributed by atoms with Gasteiger partial charge in [0.1, 0.15) is 0 Å². The summed E-state index contributed by atoms with van der Waals surface area (Å²) in [6.45, 7) is 1.46. The Balaban J connectivity index is 0.000000339. The second-order valence-corrected chi connectivity index (χ2v) is 9.66. The van der Waals surface area contributed by atoms with Gasteiger partial charge < -0.3 is 0 Å². The molecule has 0 radical (unpaired) electrons. The molecule has 1 fully saturated rings. The van der Waals surface area contributed by atoms with Crippen molar-refractivity contribution >= 4 is 15.9 Å². The van der Waals surface area contributed by atoms with Gasteiger partial charge in [0.25, 0.3) is 0 Å². The first-order valence-corrected chi connectivity index (χ1v) is 11.7. The van der Waals surface area contributed by atoms with Crippen molar-refractivity contribution in [3.63, 3.8) is 0 Å². The van der Waals surface area contributed by atoms with E-state index in [1.807, 2.05) is 4.67 Å². The van der Waals surface area contributed by atoms with Crippen LogP contribution in [0.2, 0.25) is 0 Å². The number of hydrogen-bond acceptors (Lipinski definition) is 10. The summed E-state index contributed by atoms with van der Waals surface area (Å²) in [6, 6.07) is 0. The van der Waals surface area contributed by atoms with Gasteiger partial charge in [-0.1, -0.05) is 4.67 Å². The van der Waals surface area contributed by atoms with E-state index in [2.05, 4.69) is 30.9 Å². The van der Waals surface area contributed by atoms with E-state index in [0.717, 1.165) is 25.9 Å². The summed E-state index contributed by atoms with van der Waals surface area (Å²) in [5, 5.41) is 22.7. The van der Waals surface area contributed by atoms with E-state index in [1.165, 1.54) is 33.1 Å². The minimum Gasteiger partial charge on any atom is -0.136 e. The van der Waals surface area contributed by atoms with Crippen molar-refractivity contribution in [3.05, 3.63) is 37.2 Å². The van der Waals surface area contributed by atoms with E-state index in [0.29, 0.717) is 0 Å². The fourth-order valence-electron chi connectivity index (χ4n) is 2.18. The monoisotopic (exact) mass is 498 g/mol. The fraction of sp³-hybridized carbons (Fsp3) is 0.400. The third-order valence-corrected chi connectivity index (χ3v) is 5.41. The fourth-order valence-corrected chi connectivity index (χ4v) is 4.25. The van der Waals surface area contributed by atoms with Crippen LogP contribution in [0.25, 0.3) is 0 Å². The summed E-state index contributed by atoms with van der Waals surface area (Å²) < 4.78 is 78.9. The van der Waals surface area contributed by atoms with Crippen molar-refractivity contribution in [3.8, 4) is 0 Å². The molecular weight excluding hydrogens is 484 g/mol. The van der Waals surface area contributed by atoms with Crippen molar-refractivity contribution in [1.29, 1.82) is 0 Å². The van der Waals surface area contributed by atoms with Gasteiger partial charge in [0.15, 0.2) is 0 Å². The molecule has 1 aliphatic heterocycles. The summed E-state index contributed by atoms with van der Waals surface area (Å²) in [4.78, 5) is 3.54. The van der Waals surface area contributed by atoms with Gasteiger partial charge in [-0.05, 0) is 43.0 Å². The van der Waals surface area contributed by atoms with Crippen LogP contribution in [0.1, 0.15) is 12.8 Å². The van der Waals surface area contributed by atoms with E-state index < -0.39 is 15.9 Å². The molecule has 21 heteroatoms. The summed E-state index contributed by atoms with van der Waals surface area (Å²) in [7, 11) is -13.9. The first-order valence-electron chi connectivity index (χ1n) is 8.19. The Morgan fingerprint density at radius 3 is 1.23 bits per heavy atom. The van der Waals surface area contributed by atoms with Gasteiger partial charge in [-0.2, -0.15) is 0 Å². The molecule has 3 aromatic heterocycles. The van der Waals surface area contributed by atoms with E-state index >= 15 is 0 Å². The molecule has 31 heavy (non-hydrogen) atoms. The predicted octanol–water partition coefficient (Wildman–Crippen LogP) is 2.30. The largest absolute Gasteiger partial charge is 0.707 e. The van der Waals surface area contributed by atoms with Crippen LogP contribution in [0.5, 0.6) is 0 Å². The molecular formula is C10H14F6N10O3P2. The Kier molecular flexibility index (Phi) is 5.70. The van der Waals surface area contributed by atoms with Crippen LogP contribution in [-0.2, 0) is 0 Å². The summed E-state index contributed by atoms with van der Waals surface area (Å²) in [5.74, 6) is 0. The van der Waals surface area contributed by atoms with Crippen LogP contribution in [0, 0.1) is 0 Å². The van der Waals surface area contributed by atoms with E-state index in [4.69, 9.17) is 13.9 Å². The van der Waals surface area contributed by atoms with Crippen LogP contribution in [0.4, 0.5) is 25.2 Å². The first kappa shape index (κ1) is 22.9. The molecule has 0 atom stereocenters. The topological polar surface area (TPSA) is 123 Å². The number of aromatic nitrogens is 9. The zero-order chi connectivity index (χ0) is 22.7. The number of halogens is 6. The van der Waals surface area contributed by atoms with Crippen LogP contribution in [-0.4, -0.2) is 63.2 Å². The third kappa shape index (κ3) is 8.10. The Hall–Kier alpha value is -2.78. The molecule has 0 aliphatic carbocycles. The summed E-state index contributed by atoms with van der Waals surface area (Å²) in [5.41, 5.74) is 0. The Labute approximate surface area is 169 Å². The first-order chi connectivity index (χ1) is 14.3. The van der Waals surface area contributed by atoms with Crippen molar-refractivity contribution < 1.29 is 39.1 Å². The predicted molar refractivity (Wildman–Crippen MR) is 91.1 cm³/mol. The molecule has 0 saturated carbocycles. The number of hydrogen-bond donors (Lipinski definition) is 0. The molecule has 0 spiro atoms. The second kappa shape index (κ2) is 7.72. The van der Waals surface area contributed by atoms with Crippen LogP contribution in [0.3, 0.4) is 0 Å². The molecule has 1 aliphatic rings. The molecule has 3 aromatic rings. The maximum Gasteiger partial charge on any atom is 0.707 e. The van der Waals surface area contributed by atoms with E-state index in [1.54, 1.807) is 18.6 Å². The third-order valence-electron chi connectivity index (χ3n) is 3.19. The maximum absolute atomic E-state index is 10.7. The minimum absolute atomic E-state index is 0.728.